The molecule has 2 amide bonds. The smallest absolute Gasteiger partial charge is 0.258 e. The molecule has 0 N–H and O–H groups in total. The van der Waals surface area contributed by atoms with Crippen LogP contribution in [0.5, 0.6) is 0 Å². The van der Waals surface area contributed by atoms with E-state index in [4.69, 9.17) is 9.15 Å². The van der Waals surface area contributed by atoms with Gasteiger partial charge >= 0.3 is 0 Å². The Morgan fingerprint density at radius 3 is 2.63 bits per heavy atom. The maximum Gasteiger partial charge on any atom is 0.258 e. The molecule has 4 rings (SSSR count). The lowest BCUT2D eigenvalue weighted by Gasteiger charge is -2.41. The average Bonchev–Trinajstić information content (AvgIpc) is 3.20. The van der Waals surface area contributed by atoms with Crippen molar-refractivity contribution in [3.05, 3.63) is 36.1 Å². The van der Waals surface area contributed by atoms with Crippen molar-refractivity contribution in [3.8, 4) is 0 Å². The Kier molecular flexibility index (Phi) is 4.91. The van der Waals surface area contributed by atoms with Gasteiger partial charge in [-0.2, -0.15) is 0 Å². The largest absolute Gasteiger partial charge is 0.463 e. The first-order valence-electron chi connectivity index (χ1n) is 9.64. The summed E-state index contributed by atoms with van der Waals surface area (Å²) in [6.45, 7) is 3.86. The first kappa shape index (κ1) is 18.0. The number of methoxy groups -OCH3 is 1. The standard InChI is InChI=1S/C21H26N2O4/c1-14(12-26-2)9-20(24)22-10-15-7-8-16(11-22)23(15)21(25)18-13-27-19-6-4-3-5-17(18)19/h3-6,13-16H,7-12H2,1-2H3. The zero-order valence-corrected chi connectivity index (χ0v) is 15.9. The highest BCUT2D eigenvalue weighted by Crippen LogP contribution is 2.34. The van der Waals surface area contributed by atoms with E-state index >= 15 is 0 Å². The van der Waals surface area contributed by atoms with Crippen LogP contribution in [0.2, 0.25) is 0 Å². The Morgan fingerprint density at radius 2 is 1.93 bits per heavy atom. The number of para-hydroxylation sites is 1. The van der Waals surface area contributed by atoms with Gasteiger partial charge in [-0.3, -0.25) is 9.59 Å². The van der Waals surface area contributed by atoms with Gasteiger partial charge in [-0.15, -0.1) is 0 Å². The number of benzene rings is 1. The summed E-state index contributed by atoms with van der Waals surface area (Å²) in [6, 6.07) is 7.79. The molecular weight excluding hydrogens is 344 g/mol. The molecule has 3 atom stereocenters. The number of carbonyl (C=O) groups excluding carboxylic acids is 2. The van der Waals surface area contributed by atoms with E-state index in [2.05, 4.69) is 0 Å². The molecule has 0 radical (unpaired) electrons. The van der Waals surface area contributed by atoms with E-state index in [9.17, 15) is 9.59 Å². The van der Waals surface area contributed by atoms with Crippen molar-refractivity contribution in [2.45, 2.75) is 38.3 Å². The number of amides is 2. The Hall–Kier alpha value is -2.34. The second kappa shape index (κ2) is 7.35. The molecule has 3 unspecified atom stereocenters. The lowest BCUT2D eigenvalue weighted by molar-refractivity contribution is -0.135. The number of ether oxygens (including phenoxy) is 1. The predicted molar refractivity (Wildman–Crippen MR) is 101 cm³/mol. The van der Waals surface area contributed by atoms with Crippen molar-refractivity contribution < 1.29 is 18.7 Å². The van der Waals surface area contributed by atoms with Crippen LogP contribution in [0.25, 0.3) is 11.0 Å². The third kappa shape index (κ3) is 3.34. The lowest BCUT2D eigenvalue weighted by atomic mass is 10.1. The Morgan fingerprint density at radius 1 is 1.22 bits per heavy atom. The number of furan rings is 1. The topological polar surface area (TPSA) is 63.0 Å². The van der Waals surface area contributed by atoms with E-state index in [-0.39, 0.29) is 29.8 Å². The van der Waals surface area contributed by atoms with Crippen LogP contribution in [0.1, 0.15) is 36.5 Å². The molecule has 3 heterocycles. The third-order valence-corrected chi connectivity index (χ3v) is 5.76. The van der Waals surface area contributed by atoms with Gasteiger partial charge < -0.3 is 19.0 Å². The molecule has 6 heteroatoms. The van der Waals surface area contributed by atoms with E-state index in [1.807, 2.05) is 41.0 Å². The maximum absolute atomic E-state index is 13.2. The van der Waals surface area contributed by atoms with E-state index in [0.29, 0.717) is 31.7 Å². The van der Waals surface area contributed by atoms with Crippen LogP contribution in [0.3, 0.4) is 0 Å². The molecule has 2 bridgehead atoms. The van der Waals surface area contributed by atoms with Crippen LogP contribution >= 0.6 is 0 Å². The molecule has 2 aromatic rings. The third-order valence-electron chi connectivity index (χ3n) is 5.76. The number of piperazine rings is 1. The summed E-state index contributed by atoms with van der Waals surface area (Å²) in [6.07, 6.45) is 3.96. The molecule has 1 aromatic carbocycles. The van der Waals surface area contributed by atoms with Crippen LogP contribution in [-0.2, 0) is 9.53 Å². The number of rotatable bonds is 5. The van der Waals surface area contributed by atoms with Crippen molar-refractivity contribution in [2.24, 2.45) is 5.92 Å². The van der Waals surface area contributed by atoms with Crippen LogP contribution < -0.4 is 0 Å². The fourth-order valence-electron chi connectivity index (χ4n) is 4.49. The van der Waals surface area contributed by atoms with Crippen LogP contribution in [0.15, 0.2) is 34.9 Å². The monoisotopic (exact) mass is 370 g/mol. The normalized spacial score (nSPS) is 23.0. The molecule has 0 aliphatic carbocycles. The molecular formula is C21H26N2O4. The summed E-state index contributed by atoms with van der Waals surface area (Å²) >= 11 is 0. The van der Waals surface area contributed by atoms with Crippen LogP contribution in [0.4, 0.5) is 0 Å². The minimum atomic E-state index is 0.0206. The Labute approximate surface area is 159 Å². The molecule has 2 fully saturated rings. The van der Waals surface area contributed by atoms with Gasteiger partial charge in [0.05, 0.1) is 17.6 Å². The molecule has 2 aliphatic heterocycles. The molecule has 144 valence electrons. The summed E-state index contributed by atoms with van der Waals surface area (Å²) in [4.78, 5) is 29.8. The fourth-order valence-corrected chi connectivity index (χ4v) is 4.49. The van der Waals surface area contributed by atoms with E-state index in [0.717, 1.165) is 23.8 Å². The Balaban J connectivity index is 1.48. The van der Waals surface area contributed by atoms with Gasteiger partial charge in [-0.05, 0) is 24.8 Å². The highest BCUT2D eigenvalue weighted by Gasteiger charge is 2.44. The molecule has 2 saturated heterocycles. The minimum Gasteiger partial charge on any atom is -0.463 e. The lowest BCUT2D eigenvalue weighted by Crippen LogP contribution is -2.57. The zero-order chi connectivity index (χ0) is 19.0. The van der Waals surface area contributed by atoms with Gasteiger partial charge in [0.25, 0.3) is 5.91 Å². The molecule has 1 aromatic heterocycles. The zero-order valence-electron chi connectivity index (χ0n) is 15.9. The van der Waals surface area contributed by atoms with Crippen molar-refractivity contribution in [3.63, 3.8) is 0 Å². The van der Waals surface area contributed by atoms with E-state index < -0.39 is 0 Å². The number of carbonyl (C=O) groups is 2. The molecule has 2 aliphatic rings. The molecule has 0 spiro atoms. The maximum atomic E-state index is 13.2. The number of hydrogen-bond donors (Lipinski definition) is 0. The van der Waals surface area contributed by atoms with Crippen molar-refractivity contribution in [1.29, 1.82) is 0 Å². The van der Waals surface area contributed by atoms with E-state index in [1.54, 1.807) is 13.4 Å². The van der Waals surface area contributed by atoms with Gasteiger partial charge in [0, 0.05) is 38.6 Å². The first-order valence-corrected chi connectivity index (χ1v) is 9.64. The highest BCUT2D eigenvalue weighted by atomic mass is 16.5. The molecule has 6 nitrogen and oxygen atoms in total. The van der Waals surface area contributed by atoms with Crippen molar-refractivity contribution in [2.75, 3.05) is 26.8 Å². The van der Waals surface area contributed by atoms with Crippen LogP contribution in [-0.4, -0.2) is 60.5 Å². The van der Waals surface area contributed by atoms with Gasteiger partial charge in [0.1, 0.15) is 11.8 Å². The quantitative estimate of drug-likeness (QED) is 0.812. The average molecular weight is 370 g/mol. The summed E-state index contributed by atoms with van der Waals surface area (Å²) in [5.74, 6) is 0.390. The van der Waals surface area contributed by atoms with Crippen LogP contribution in [0, 0.1) is 5.92 Å². The molecule has 27 heavy (non-hydrogen) atoms. The Bertz CT molecular complexity index is 832. The van der Waals surface area contributed by atoms with Gasteiger partial charge in [0.2, 0.25) is 5.91 Å². The summed E-state index contributed by atoms with van der Waals surface area (Å²) in [5, 5.41) is 0.855. The van der Waals surface area contributed by atoms with Crippen molar-refractivity contribution >= 4 is 22.8 Å². The summed E-state index contributed by atoms with van der Waals surface area (Å²) in [5.41, 5.74) is 1.35. The van der Waals surface area contributed by atoms with Gasteiger partial charge in [0.15, 0.2) is 0 Å². The number of fused-ring (bicyclic) bond motifs is 3. The van der Waals surface area contributed by atoms with Gasteiger partial charge in [-0.25, -0.2) is 0 Å². The predicted octanol–water partition coefficient (Wildman–Crippen LogP) is 2.92. The fraction of sp³-hybridized carbons (Fsp3) is 0.524. The second-order valence-corrected chi connectivity index (χ2v) is 7.81. The molecule has 0 saturated carbocycles. The van der Waals surface area contributed by atoms with Crippen molar-refractivity contribution in [1.82, 2.24) is 9.80 Å². The first-order chi connectivity index (χ1) is 13.1. The minimum absolute atomic E-state index is 0.0206. The summed E-state index contributed by atoms with van der Waals surface area (Å²) in [7, 11) is 1.66. The number of likely N-dealkylation sites (tertiary alicyclic amines) is 1. The highest BCUT2D eigenvalue weighted by molar-refractivity contribution is 6.06. The van der Waals surface area contributed by atoms with E-state index in [1.165, 1.54) is 0 Å². The SMILES string of the molecule is COCC(C)CC(=O)N1CC2CCC(C1)N2C(=O)c1coc2ccccc12. The number of nitrogens with zero attached hydrogens (tertiary/aromatic N) is 2. The summed E-state index contributed by atoms with van der Waals surface area (Å²) < 4.78 is 10.7. The second-order valence-electron chi connectivity index (χ2n) is 7.81. The number of hydrogen-bond acceptors (Lipinski definition) is 4. The van der Waals surface area contributed by atoms with Gasteiger partial charge in [-0.1, -0.05) is 25.1 Å².